The molecule has 2 fully saturated rings. The minimum absolute atomic E-state index is 0.00101. The van der Waals surface area contributed by atoms with E-state index in [1.165, 1.54) is 0 Å². The van der Waals surface area contributed by atoms with E-state index in [2.05, 4.69) is 42.4 Å². The predicted molar refractivity (Wildman–Crippen MR) is 154 cm³/mol. The third-order valence-corrected chi connectivity index (χ3v) is 7.80. The number of phenols is 1. The topological polar surface area (TPSA) is 73.3 Å². The number of piperazine rings is 1. The molecule has 7 nitrogen and oxygen atoms in total. The molecule has 0 bridgehead atoms. The lowest BCUT2D eigenvalue weighted by Crippen LogP contribution is -2.57. The molecule has 2 aliphatic heterocycles. The van der Waals surface area contributed by atoms with Crippen LogP contribution in [0.15, 0.2) is 72.8 Å². The number of likely N-dealkylation sites (tertiary alicyclic amines) is 1. The van der Waals surface area contributed by atoms with Crippen molar-refractivity contribution in [1.29, 1.82) is 0 Å². The Balaban J connectivity index is 1.58. The average molecular weight is 532 g/mol. The van der Waals surface area contributed by atoms with Crippen LogP contribution >= 0.6 is 0 Å². The summed E-state index contributed by atoms with van der Waals surface area (Å²) in [4.78, 5) is 32.1. The first-order chi connectivity index (χ1) is 18.8. The molecule has 1 unspecified atom stereocenters. The monoisotopic (exact) mass is 531 g/mol. The highest BCUT2D eigenvalue weighted by Gasteiger charge is 2.35. The Morgan fingerprint density at radius 3 is 2.41 bits per heavy atom. The van der Waals surface area contributed by atoms with E-state index in [1.54, 1.807) is 19.1 Å². The van der Waals surface area contributed by atoms with Crippen molar-refractivity contribution in [1.82, 2.24) is 14.7 Å². The van der Waals surface area contributed by atoms with Gasteiger partial charge in [-0.05, 0) is 69.0 Å². The molecule has 2 aliphatic rings. The first-order valence-corrected chi connectivity index (χ1v) is 14.0. The zero-order valence-electron chi connectivity index (χ0n) is 23.4. The molecule has 2 aromatic rings. The molecule has 208 valence electrons. The maximum Gasteiger partial charge on any atom is 0.330 e. The summed E-state index contributed by atoms with van der Waals surface area (Å²) >= 11 is 0. The van der Waals surface area contributed by atoms with E-state index in [4.69, 9.17) is 4.74 Å². The Morgan fingerprint density at radius 1 is 1.05 bits per heavy atom. The Bertz CT molecular complexity index is 1200. The molecule has 4 rings (SSSR count). The largest absolute Gasteiger partial charge is 0.508 e. The second-order valence-electron chi connectivity index (χ2n) is 10.6. The van der Waals surface area contributed by atoms with Crippen molar-refractivity contribution in [2.45, 2.75) is 51.7 Å². The number of benzene rings is 2. The summed E-state index contributed by atoms with van der Waals surface area (Å²) < 4.78 is 5.03. The van der Waals surface area contributed by atoms with Gasteiger partial charge >= 0.3 is 5.97 Å². The Kier molecular flexibility index (Phi) is 9.59. The van der Waals surface area contributed by atoms with Crippen LogP contribution in [0.4, 0.5) is 0 Å². The number of carbonyl (C=O) groups excluding carboxylic acids is 2. The number of hydrogen-bond acceptors (Lipinski definition) is 6. The van der Waals surface area contributed by atoms with Crippen LogP contribution in [-0.4, -0.2) is 83.1 Å². The van der Waals surface area contributed by atoms with Gasteiger partial charge in [0.1, 0.15) is 5.75 Å². The van der Waals surface area contributed by atoms with E-state index in [0.717, 1.165) is 36.3 Å². The fraction of sp³-hybridized carbons (Fsp3) is 0.438. The van der Waals surface area contributed by atoms with Crippen LogP contribution in [0.3, 0.4) is 0 Å². The molecular weight excluding hydrogens is 490 g/mol. The SMILES string of the molecule is C=CCN1C[C@H](C)N(C(c2cccc(O)c2)c2cccc(C(=O)N3CCC(=CC(=O)OCC)CC3)c2)C[C@H]1C. The Morgan fingerprint density at radius 2 is 1.74 bits per heavy atom. The Labute approximate surface area is 232 Å². The van der Waals surface area contributed by atoms with Crippen LogP contribution in [-0.2, 0) is 9.53 Å². The summed E-state index contributed by atoms with van der Waals surface area (Å²) in [6, 6.07) is 15.9. The predicted octanol–water partition coefficient (Wildman–Crippen LogP) is 4.79. The van der Waals surface area contributed by atoms with Crippen LogP contribution in [0.25, 0.3) is 0 Å². The highest BCUT2D eigenvalue weighted by molar-refractivity contribution is 5.94. The number of hydrogen-bond donors (Lipinski definition) is 1. The Hall–Kier alpha value is -3.42. The zero-order chi connectivity index (χ0) is 27.9. The normalized spacial score (nSPS) is 21.3. The maximum atomic E-state index is 13.5. The van der Waals surface area contributed by atoms with Gasteiger partial charge in [0.05, 0.1) is 12.6 Å². The van der Waals surface area contributed by atoms with Crippen molar-refractivity contribution in [3.63, 3.8) is 0 Å². The standard InChI is InChI=1S/C32H41N3O4/c1-5-15-34-21-24(4)35(22-23(34)3)31(27-10-8-12-29(36)20-27)26-9-7-11-28(19-26)32(38)33-16-13-25(14-17-33)18-30(37)39-6-2/h5,7-12,18-20,23-24,31,36H,1,6,13-17,21-22H2,2-4H3/t23-,24+,31?/m1/s1. The van der Waals surface area contributed by atoms with Gasteiger partial charge in [0, 0.05) is 56.4 Å². The number of piperidine rings is 1. The number of aromatic hydroxyl groups is 1. The van der Waals surface area contributed by atoms with E-state index >= 15 is 0 Å². The fourth-order valence-electron chi connectivity index (χ4n) is 5.79. The van der Waals surface area contributed by atoms with Gasteiger partial charge in [0.25, 0.3) is 5.91 Å². The van der Waals surface area contributed by atoms with E-state index < -0.39 is 0 Å². The van der Waals surface area contributed by atoms with Crippen molar-refractivity contribution in [3.05, 3.63) is 89.5 Å². The number of ether oxygens (including phenoxy) is 1. The van der Waals surface area contributed by atoms with Crippen LogP contribution in [0.5, 0.6) is 5.75 Å². The average Bonchev–Trinajstić information content (AvgIpc) is 2.92. The van der Waals surface area contributed by atoms with E-state index in [1.807, 2.05) is 41.3 Å². The minimum Gasteiger partial charge on any atom is -0.508 e. The van der Waals surface area contributed by atoms with Gasteiger partial charge in [0.2, 0.25) is 0 Å². The molecule has 39 heavy (non-hydrogen) atoms. The van der Waals surface area contributed by atoms with Gasteiger partial charge < -0.3 is 14.7 Å². The molecule has 1 amide bonds. The van der Waals surface area contributed by atoms with Gasteiger partial charge in [-0.1, -0.05) is 35.9 Å². The van der Waals surface area contributed by atoms with E-state index in [0.29, 0.717) is 44.1 Å². The molecule has 2 heterocycles. The summed E-state index contributed by atoms with van der Waals surface area (Å²) in [5.41, 5.74) is 3.71. The minimum atomic E-state index is -0.313. The summed E-state index contributed by atoms with van der Waals surface area (Å²) in [6.07, 6.45) is 4.86. The third kappa shape index (κ3) is 6.97. The van der Waals surface area contributed by atoms with Crippen LogP contribution in [0.1, 0.15) is 61.1 Å². The van der Waals surface area contributed by atoms with Gasteiger partial charge in [-0.3, -0.25) is 14.6 Å². The van der Waals surface area contributed by atoms with E-state index in [9.17, 15) is 14.7 Å². The number of phenolic OH excluding ortho intramolecular Hbond substituents is 1. The molecule has 0 aromatic heterocycles. The molecular formula is C32H41N3O4. The highest BCUT2D eigenvalue weighted by atomic mass is 16.5. The van der Waals surface area contributed by atoms with Crippen molar-refractivity contribution in [3.8, 4) is 5.75 Å². The number of esters is 1. The summed E-state index contributed by atoms with van der Waals surface area (Å²) in [7, 11) is 0. The number of nitrogens with zero attached hydrogens (tertiary/aromatic N) is 3. The number of rotatable bonds is 8. The highest BCUT2D eigenvalue weighted by Crippen LogP contribution is 2.35. The summed E-state index contributed by atoms with van der Waals surface area (Å²) in [5.74, 6) is -0.0820. The van der Waals surface area contributed by atoms with Gasteiger partial charge in [-0.2, -0.15) is 0 Å². The molecule has 0 radical (unpaired) electrons. The second kappa shape index (κ2) is 13.1. The third-order valence-electron chi connectivity index (χ3n) is 7.80. The summed E-state index contributed by atoms with van der Waals surface area (Å²) in [6.45, 7) is 14.3. The first kappa shape index (κ1) is 28.6. The van der Waals surface area contributed by atoms with Gasteiger partial charge in [0.15, 0.2) is 0 Å². The number of carbonyl (C=O) groups is 2. The van der Waals surface area contributed by atoms with Gasteiger partial charge in [-0.25, -0.2) is 4.79 Å². The smallest absolute Gasteiger partial charge is 0.330 e. The van der Waals surface area contributed by atoms with Crippen molar-refractivity contribution >= 4 is 11.9 Å². The molecule has 1 N–H and O–H groups in total. The lowest BCUT2D eigenvalue weighted by molar-refractivity contribution is -0.137. The van der Waals surface area contributed by atoms with Crippen LogP contribution in [0, 0.1) is 0 Å². The van der Waals surface area contributed by atoms with E-state index in [-0.39, 0.29) is 29.7 Å². The molecule has 2 saturated heterocycles. The van der Waals surface area contributed by atoms with Crippen LogP contribution < -0.4 is 0 Å². The maximum absolute atomic E-state index is 13.5. The second-order valence-corrected chi connectivity index (χ2v) is 10.6. The van der Waals surface area contributed by atoms with Crippen molar-refractivity contribution < 1.29 is 19.4 Å². The summed E-state index contributed by atoms with van der Waals surface area (Å²) in [5, 5.41) is 10.3. The molecule has 0 aliphatic carbocycles. The van der Waals surface area contributed by atoms with Crippen molar-refractivity contribution in [2.75, 3.05) is 39.3 Å². The molecule has 2 aromatic carbocycles. The molecule has 3 atom stereocenters. The first-order valence-electron chi connectivity index (χ1n) is 14.0. The molecule has 0 saturated carbocycles. The number of amides is 1. The van der Waals surface area contributed by atoms with Crippen LogP contribution in [0.2, 0.25) is 0 Å². The quantitative estimate of drug-likeness (QED) is 0.300. The van der Waals surface area contributed by atoms with Gasteiger partial charge in [-0.15, -0.1) is 6.58 Å². The zero-order valence-corrected chi connectivity index (χ0v) is 23.4. The fourth-order valence-corrected chi connectivity index (χ4v) is 5.79. The molecule has 7 heteroatoms. The lowest BCUT2D eigenvalue weighted by Gasteiger charge is -2.47. The lowest BCUT2D eigenvalue weighted by atomic mass is 9.92. The van der Waals surface area contributed by atoms with Crippen molar-refractivity contribution in [2.24, 2.45) is 0 Å². The molecule has 0 spiro atoms.